The van der Waals surface area contributed by atoms with Crippen molar-refractivity contribution in [3.8, 4) is 12.1 Å². The molecule has 0 bridgehead atoms. The molecule has 27 heavy (non-hydrogen) atoms. The van der Waals surface area contributed by atoms with Gasteiger partial charge in [0.25, 0.3) is 5.70 Å². The van der Waals surface area contributed by atoms with Crippen molar-refractivity contribution >= 4 is 32.8 Å². The predicted molar refractivity (Wildman–Crippen MR) is 110 cm³/mol. The average Bonchev–Trinajstić information content (AvgIpc) is 2.72. The first-order valence-corrected chi connectivity index (χ1v) is 8.94. The molecule has 1 unspecified atom stereocenters. The molecule has 3 heteroatoms. The SMILES string of the molecule is [C-]#[N+]/C(C#N)=c1\c2ccccc2/c(=C(/C)C#N)c2ccc(C(C)CC)cc12. The molecule has 0 saturated heterocycles. The maximum atomic E-state index is 9.59. The number of fused-ring (bicyclic) bond motifs is 2. The minimum atomic E-state index is 0.0821. The van der Waals surface area contributed by atoms with Crippen molar-refractivity contribution in [3.63, 3.8) is 0 Å². The van der Waals surface area contributed by atoms with Gasteiger partial charge in [0.1, 0.15) is 0 Å². The van der Waals surface area contributed by atoms with E-state index in [4.69, 9.17) is 6.57 Å². The lowest BCUT2D eigenvalue weighted by molar-refractivity contribution is 0.735. The number of hydrogen-bond acceptors (Lipinski definition) is 2. The van der Waals surface area contributed by atoms with Crippen molar-refractivity contribution in [2.75, 3.05) is 0 Å². The Morgan fingerprint density at radius 2 is 1.63 bits per heavy atom. The van der Waals surface area contributed by atoms with Crippen LogP contribution in [0.5, 0.6) is 0 Å². The van der Waals surface area contributed by atoms with E-state index in [0.29, 0.717) is 16.7 Å². The second kappa shape index (κ2) is 7.33. The van der Waals surface area contributed by atoms with E-state index in [1.165, 1.54) is 5.56 Å². The second-order valence-corrected chi connectivity index (χ2v) is 6.72. The monoisotopic (exact) mass is 349 g/mol. The van der Waals surface area contributed by atoms with Gasteiger partial charge in [-0.1, -0.05) is 56.3 Å². The van der Waals surface area contributed by atoms with Gasteiger partial charge in [-0.2, -0.15) is 5.26 Å². The Morgan fingerprint density at radius 3 is 2.19 bits per heavy atom. The van der Waals surface area contributed by atoms with E-state index >= 15 is 0 Å². The molecule has 130 valence electrons. The highest BCUT2D eigenvalue weighted by molar-refractivity contribution is 6.04. The van der Waals surface area contributed by atoms with Crippen molar-refractivity contribution in [1.82, 2.24) is 0 Å². The van der Waals surface area contributed by atoms with Gasteiger partial charge in [0.2, 0.25) is 0 Å². The fourth-order valence-corrected chi connectivity index (χ4v) is 3.59. The summed E-state index contributed by atoms with van der Waals surface area (Å²) in [5.74, 6) is 0.372. The zero-order chi connectivity index (χ0) is 19.6. The van der Waals surface area contributed by atoms with Crippen LogP contribution in [0, 0.1) is 29.2 Å². The van der Waals surface area contributed by atoms with Crippen LogP contribution in [0.4, 0.5) is 0 Å². The molecule has 0 aromatic heterocycles. The summed E-state index contributed by atoms with van der Waals surface area (Å²) in [7, 11) is 0. The highest BCUT2D eigenvalue weighted by atomic mass is 14.7. The van der Waals surface area contributed by atoms with Crippen LogP contribution in [-0.2, 0) is 0 Å². The Kier molecular flexibility index (Phi) is 4.94. The Bertz CT molecular complexity index is 1290. The third kappa shape index (κ3) is 2.93. The molecule has 1 atom stereocenters. The second-order valence-electron chi connectivity index (χ2n) is 6.72. The topological polar surface area (TPSA) is 51.9 Å². The number of rotatable bonds is 2. The van der Waals surface area contributed by atoms with Crippen molar-refractivity contribution in [3.05, 3.63) is 69.9 Å². The summed E-state index contributed by atoms with van der Waals surface area (Å²) in [5.41, 5.74) is 1.88. The molecule has 0 aliphatic heterocycles. The molecular formula is C24H19N3. The lowest BCUT2D eigenvalue weighted by Gasteiger charge is -2.13. The number of nitrogens with zero attached hydrogens (tertiary/aromatic N) is 3. The Hall–Kier alpha value is -3.61. The molecule has 0 fully saturated rings. The smallest absolute Gasteiger partial charge is 0.226 e. The standard InChI is InChI=1S/C24H19N3/c1-5-15(2)17-10-11-20-21(12-17)24(22(14-26)27-4)19-9-7-6-8-18(19)23(20)16(3)13-25/h6-12,15H,5H2,1-3H3/b23-16+,24-22+. The fourth-order valence-electron chi connectivity index (χ4n) is 3.59. The molecule has 0 aliphatic rings. The first kappa shape index (κ1) is 18.2. The number of nitriles is 2. The van der Waals surface area contributed by atoms with Gasteiger partial charge in [0.15, 0.2) is 0 Å². The van der Waals surface area contributed by atoms with Crippen LogP contribution in [0.15, 0.2) is 42.5 Å². The zero-order valence-corrected chi connectivity index (χ0v) is 15.7. The van der Waals surface area contributed by atoms with Crippen molar-refractivity contribution in [2.24, 2.45) is 0 Å². The van der Waals surface area contributed by atoms with E-state index in [1.807, 2.05) is 37.3 Å². The number of benzene rings is 3. The van der Waals surface area contributed by atoms with E-state index in [1.54, 1.807) is 0 Å². The normalized spacial score (nSPS) is 14.1. The Morgan fingerprint density at radius 1 is 1.00 bits per heavy atom. The van der Waals surface area contributed by atoms with Crippen LogP contribution < -0.4 is 10.4 Å². The first-order valence-electron chi connectivity index (χ1n) is 8.94. The van der Waals surface area contributed by atoms with Gasteiger partial charge < -0.3 is 0 Å². The Balaban J connectivity index is 2.80. The van der Waals surface area contributed by atoms with Gasteiger partial charge >= 0.3 is 0 Å². The highest BCUT2D eigenvalue weighted by Gasteiger charge is 2.13. The minimum absolute atomic E-state index is 0.0821. The van der Waals surface area contributed by atoms with Crippen LogP contribution in [-0.4, -0.2) is 0 Å². The largest absolute Gasteiger partial charge is 0.270 e. The average molecular weight is 349 g/mol. The van der Waals surface area contributed by atoms with Gasteiger partial charge in [-0.3, -0.25) is 0 Å². The van der Waals surface area contributed by atoms with Crippen molar-refractivity contribution < 1.29 is 0 Å². The van der Waals surface area contributed by atoms with E-state index in [2.05, 4.69) is 43.0 Å². The Labute approximate surface area is 158 Å². The van der Waals surface area contributed by atoms with Gasteiger partial charge in [-0.05, 0) is 46.4 Å². The minimum Gasteiger partial charge on any atom is -0.226 e. The van der Waals surface area contributed by atoms with Crippen molar-refractivity contribution in [2.45, 2.75) is 33.1 Å². The van der Waals surface area contributed by atoms with Gasteiger partial charge in [-0.25, -0.2) is 10.1 Å². The summed E-state index contributed by atoms with van der Waals surface area (Å²) in [5, 5.41) is 24.2. The number of hydrogen-bond donors (Lipinski definition) is 0. The quantitative estimate of drug-likeness (QED) is 0.495. The summed E-state index contributed by atoms with van der Waals surface area (Å²) >= 11 is 0. The van der Waals surface area contributed by atoms with Crippen LogP contribution >= 0.6 is 0 Å². The summed E-state index contributed by atoms with van der Waals surface area (Å²) < 4.78 is 0. The molecule has 0 heterocycles. The van der Waals surface area contributed by atoms with Gasteiger partial charge in [0, 0.05) is 16.0 Å². The molecule has 3 aromatic rings. The maximum Gasteiger partial charge on any atom is 0.270 e. The zero-order valence-electron chi connectivity index (χ0n) is 15.7. The third-order valence-corrected chi connectivity index (χ3v) is 5.23. The van der Waals surface area contributed by atoms with Crippen LogP contribution in [0.2, 0.25) is 0 Å². The molecule has 0 amide bonds. The lowest BCUT2D eigenvalue weighted by Crippen LogP contribution is -2.18. The molecule has 3 nitrogen and oxygen atoms in total. The molecule has 0 spiro atoms. The summed E-state index contributed by atoms with van der Waals surface area (Å²) in [6.07, 6.45) is 1.00. The summed E-state index contributed by atoms with van der Waals surface area (Å²) in [4.78, 5) is 3.50. The van der Waals surface area contributed by atoms with E-state index in [0.717, 1.165) is 33.2 Å². The van der Waals surface area contributed by atoms with Gasteiger partial charge in [-0.15, -0.1) is 0 Å². The third-order valence-electron chi connectivity index (χ3n) is 5.23. The molecule has 3 rings (SSSR count). The molecular weight excluding hydrogens is 330 g/mol. The summed E-state index contributed by atoms with van der Waals surface area (Å²) in [6, 6.07) is 18.3. The first-order chi connectivity index (χ1) is 13.1. The van der Waals surface area contributed by atoms with Crippen molar-refractivity contribution in [1.29, 1.82) is 10.5 Å². The maximum absolute atomic E-state index is 9.59. The van der Waals surface area contributed by atoms with E-state index in [9.17, 15) is 10.5 Å². The van der Waals surface area contributed by atoms with Crippen LogP contribution in [0.25, 0.3) is 37.7 Å². The highest BCUT2D eigenvalue weighted by Crippen LogP contribution is 2.23. The van der Waals surface area contributed by atoms with E-state index < -0.39 is 0 Å². The van der Waals surface area contributed by atoms with Crippen LogP contribution in [0.1, 0.15) is 38.7 Å². The fraction of sp³-hybridized carbons (Fsp3) is 0.208. The summed E-state index contributed by atoms with van der Waals surface area (Å²) in [6.45, 7) is 13.6. The van der Waals surface area contributed by atoms with Gasteiger partial charge in [0.05, 0.1) is 18.7 Å². The molecule has 3 aromatic carbocycles. The predicted octanol–water partition coefficient (Wildman–Crippen LogP) is 4.75. The molecule has 0 saturated carbocycles. The van der Waals surface area contributed by atoms with E-state index in [-0.39, 0.29) is 5.70 Å². The molecule has 0 N–H and O–H groups in total. The molecule has 0 aliphatic carbocycles. The lowest BCUT2D eigenvalue weighted by atomic mass is 9.90. The van der Waals surface area contributed by atoms with Crippen LogP contribution in [0.3, 0.4) is 0 Å². The molecule has 0 radical (unpaired) electrons.